The second kappa shape index (κ2) is 7.60. The smallest absolute Gasteiger partial charge is 0.237 e. The minimum absolute atomic E-state index is 0.0332. The van der Waals surface area contributed by atoms with Crippen LogP contribution in [0.2, 0.25) is 0 Å². The molecule has 1 fully saturated rings. The fraction of sp³-hybridized carbons (Fsp3) is 0.909. The van der Waals surface area contributed by atoms with Crippen LogP contribution in [0.3, 0.4) is 0 Å². The molecule has 17 heavy (non-hydrogen) atoms. The van der Waals surface area contributed by atoms with Crippen molar-refractivity contribution in [3.05, 3.63) is 0 Å². The van der Waals surface area contributed by atoms with E-state index >= 15 is 0 Å². The van der Waals surface area contributed by atoms with Crippen LogP contribution in [0.4, 0.5) is 0 Å². The molecule has 6 heteroatoms. The van der Waals surface area contributed by atoms with Crippen molar-refractivity contribution in [2.45, 2.75) is 31.1 Å². The van der Waals surface area contributed by atoms with Crippen molar-refractivity contribution in [2.24, 2.45) is 0 Å². The third kappa shape index (κ3) is 4.99. The molecule has 1 aliphatic rings. The zero-order valence-corrected chi connectivity index (χ0v) is 10.4. The molecule has 0 aromatic carbocycles. The Balaban J connectivity index is 2.13. The summed E-state index contributed by atoms with van der Waals surface area (Å²) in [4.78, 5) is 11.7. The van der Waals surface area contributed by atoms with Gasteiger partial charge in [-0.25, -0.2) is 0 Å². The van der Waals surface area contributed by atoms with E-state index in [0.717, 1.165) is 0 Å². The van der Waals surface area contributed by atoms with Crippen LogP contribution in [-0.4, -0.2) is 63.2 Å². The maximum atomic E-state index is 11.7. The van der Waals surface area contributed by atoms with Gasteiger partial charge in [0.1, 0.15) is 0 Å². The zero-order valence-electron chi connectivity index (χ0n) is 10.4. The fourth-order valence-corrected chi connectivity index (χ4v) is 1.84. The average Bonchev–Trinajstić information content (AvgIpc) is 2.77. The lowest BCUT2D eigenvalue weighted by Crippen LogP contribution is -2.41. The van der Waals surface area contributed by atoms with Gasteiger partial charge in [0.25, 0.3) is 0 Å². The lowest BCUT2D eigenvalue weighted by molar-refractivity contribution is -0.123. The summed E-state index contributed by atoms with van der Waals surface area (Å²) in [6.45, 7) is 1.46. The van der Waals surface area contributed by atoms with Gasteiger partial charge < -0.3 is 25.2 Å². The van der Waals surface area contributed by atoms with E-state index in [1.54, 1.807) is 7.11 Å². The number of amides is 1. The molecule has 3 N–H and O–H groups in total. The van der Waals surface area contributed by atoms with Crippen LogP contribution in [0.1, 0.15) is 12.8 Å². The van der Waals surface area contributed by atoms with Crippen molar-refractivity contribution >= 4 is 5.91 Å². The summed E-state index contributed by atoms with van der Waals surface area (Å²) >= 11 is 0. The third-order valence-corrected chi connectivity index (χ3v) is 2.88. The topological polar surface area (TPSA) is 79.8 Å². The van der Waals surface area contributed by atoms with Gasteiger partial charge in [-0.1, -0.05) is 0 Å². The Morgan fingerprint density at radius 1 is 1.59 bits per heavy atom. The van der Waals surface area contributed by atoms with Crippen molar-refractivity contribution in [3.8, 4) is 0 Å². The second-order valence-electron chi connectivity index (χ2n) is 4.24. The molecule has 3 atom stereocenters. The van der Waals surface area contributed by atoms with E-state index in [4.69, 9.17) is 9.47 Å². The minimum atomic E-state index is -0.524. The Hall–Kier alpha value is -0.690. The molecule has 1 heterocycles. The molecule has 0 aromatic rings. The number of carbonyl (C=O) groups is 1. The lowest BCUT2D eigenvalue weighted by atomic mass is 10.2. The monoisotopic (exact) mass is 246 g/mol. The van der Waals surface area contributed by atoms with Crippen molar-refractivity contribution in [1.82, 2.24) is 10.6 Å². The van der Waals surface area contributed by atoms with E-state index in [1.807, 2.05) is 0 Å². The molecule has 0 spiro atoms. The quantitative estimate of drug-likeness (QED) is 0.530. The van der Waals surface area contributed by atoms with Gasteiger partial charge in [0.15, 0.2) is 0 Å². The minimum Gasteiger partial charge on any atom is -0.391 e. The molecule has 1 saturated heterocycles. The molecule has 100 valence electrons. The van der Waals surface area contributed by atoms with Crippen molar-refractivity contribution in [3.63, 3.8) is 0 Å². The van der Waals surface area contributed by atoms with E-state index < -0.39 is 6.10 Å². The van der Waals surface area contributed by atoms with E-state index in [-0.39, 0.29) is 18.1 Å². The highest BCUT2D eigenvalue weighted by atomic mass is 16.5. The summed E-state index contributed by atoms with van der Waals surface area (Å²) in [5.74, 6) is -0.0332. The second-order valence-corrected chi connectivity index (χ2v) is 4.24. The highest BCUT2D eigenvalue weighted by Gasteiger charge is 2.28. The first kappa shape index (κ1) is 14.4. The number of hydrogen-bond donors (Lipinski definition) is 3. The molecular weight excluding hydrogens is 224 g/mol. The number of ether oxygens (including phenoxy) is 2. The SMILES string of the molecule is COCC(O)CCNC(=O)C1CC(OC)CN1. The summed E-state index contributed by atoms with van der Waals surface area (Å²) < 4.78 is 9.97. The van der Waals surface area contributed by atoms with Gasteiger partial charge >= 0.3 is 0 Å². The maximum absolute atomic E-state index is 11.7. The van der Waals surface area contributed by atoms with E-state index in [1.165, 1.54) is 7.11 Å². The van der Waals surface area contributed by atoms with Crippen LogP contribution < -0.4 is 10.6 Å². The van der Waals surface area contributed by atoms with Gasteiger partial charge in [-0.3, -0.25) is 4.79 Å². The largest absolute Gasteiger partial charge is 0.391 e. The Morgan fingerprint density at radius 3 is 2.94 bits per heavy atom. The molecule has 1 aliphatic heterocycles. The van der Waals surface area contributed by atoms with Crippen LogP contribution in [0, 0.1) is 0 Å². The molecule has 1 rings (SSSR count). The maximum Gasteiger partial charge on any atom is 0.237 e. The summed E-state index contributed by atoms with van der Waals surface area (Å²) in [6.07, 6.45) is 0.788. The van der Waals surface area contributed by atoms with Crippen molar-refractivity contribution in [1.29, 1.82) is 0 Å². The normalized spacial score (nSPS) is 25.8. The van der Waals surface area contributed by atoms with Gasteiger partial charge in [0, 0.05) is 27.3 Å². The summed E-state index contributed by atoms with van der Waals surface area (Å²) in [5.41, 5.74) is 0. The molecule has 1 amide bonds. The predicted octanol–water partition coefficient (Wildman–Crippen LogP) is -1.12. The number of methoxy groups -OCH3 is 2. The van der Waals surface area contributed by atoms with Gasteiger partial charge in [-0.2, -0.15) is 0 Å². The first-order valence-corrected chi connectivity index (χ1v) is 5.88. The molecular formula is C11H22N2O4. The molecule has 6 nitrogen and oxygen atoms in total. The van der Waals surface area contributed by atoms with Crippen molar-refractivity contribution in [2.75, 3.05) is 33.9 Å². The Labute approximate surface area is 102 Å². The zero-order chi connectivity index (χ0) is 12.7. The van der Waals surface area contributed by atoms with Gasteiger partial charge in [0.2, 0.25) is 5.91 Å². The van der Waals surface area contributed by atoms with E-state index in [9.17, 15) is 9.90 Å². The van der Waals surface area contributed by atoms with E-state index in [2.05, 4.69) is 10.6 Å². The number of hydrogen-bond acceptors (Lipinski definition) is 5. The number of aliphatic hydroxyl groups is 1. The van der Waals surface area contributed by atoms with Crippen molar-refractivity contribution < 1.29 is 19.4 Å². The third-order valence-electron chi connectivity index (χ3n) is 2.88. The van der Waals surface area contributed by atoms with Crippen LogP contribution in [-0.2, 0) is 14.3 Å². The molecule has 0 aromatic heterocycles. The lowest BCUT2D eigenvalue weighted by Gasteiger charge is -2.13. The standard InChI is InChI=1S/C11H22N2O4/c1-16-7-8(14)3-4-12-11(15)10-5-9(17-2)6-13-10/h8-10,13-14H,3-7H2,1-2H3,(H,12,15). The predicted molar refractivity (Wildman–Crippen MR) is 62.7 cm³/mol. The first-order chi connectivity index (χ1) is 8.17. The Kier molecular flexibility index (Phi) is 6.43. The molecule has 0 radical (unpaired) electrons. The number of rotatable bonds is 7. The Bertz CT molecular complexity index is 238. The number of carbonyl (C=O) groups excluding carboxylic acids is 1. The highest BCUT2D eigenvalue weighted by Crippen LogP contribution is 2.09. The Morgan fingerprint density at radius 2 is 2.35 bits per heavy atom. The average molecular weight is 246 g/mol. The summed E-state index contributed by atoms with van der Waals surface area (Å²) in [7, 11) is 3.18. The van der Waals surface area contributed by atoms with Crippen LogP contribution in [0.25, 0.3) is 0 Å². The summed E-state index contributed by atoms with van der Waals surface area (Å²) in [5, 5.41) is 15.3. The van der Waals surface area contributed by atoms with Gasteiger partial charge in [-0.05, 0) is 12.8 Å². The number of nitrogens with one attached hydrogen (secondary N) is 2. The fourth-order valence-electron chi connectivity index (χ4n) is 1.84. The molecule has 3 unspecified atom stereocenters. The number of aliphatic hydroxyl groups excluding tert-OH is 1. The van der Waals surface area contributed by atoms with Crippen LogP contribution in [0.5, 0.6) is 0 Å². The van der Waals surface area contributed by atoms with Crippen LogP contribution in [0.15, 0.2) is 0 Å². The molecule has 0 aliphatic carbocycles. The van der Waals surface area contributed by atoms with Crippen LogP contribution >= 0.6 is 0 Å². The van der Waals surface area contributed by atoms with E-state index in [0.29, 0.717) is 32.5 Å². The summed E-state index contributed by atoms with van der Waals surface area (Å²) in [6, 6.07) is -0.181. The highest BCUT2D eigenvalue weighted by molar-refractivity contribution is 5.82. The first-order valence-electron chi connectivity index (χ1n) is 5.88. The van der Waals surface area contributed by atoms with Gasteiger partial charge in [0.05, 0.1) is 24.9 Å². The van der Waals surface area contributed by atoms with Gasteiger partial charge in [-0.15, -0.1) is 0 Å². The molecule has 0 bridgehead atoms. The molecule has 0 saturated carbocycles.